The van der Waals surface area contributed by atoms with Crippen LogP contribution in [0.5, 0.6) is 0 Å². The van der Waals surface area contributed by atoms with Crippen LogP contribution in [0.15, 0.2) is 60.7 Å². The number of rotatable bonds is 10. The average Bonchev–Trinajstić information content (AvgIpc) is 3.26. The molecule has 0 saturated carbocycles. The van der Waals surface area contributed by atoms with Crippen molar-refractivity contribution >= 4 is 18.0 Å². The summed E-state index contributed by atoms with van der Waals surface area (Å²) in [6.45, 7) is 5.69. The van der Waals surface area contributed by atoms with E-state index in [0.717, 1.165) is 29.7 Å². The van der Waals surface area contributed by atoms with Crippen molar-refractivity contribution < 1.29 is 51.2 Å². The fraction of sp³-hybridized carbons (Fsp3) is 0.500. The number of amides is 1. The number of nitrogens with zero attached hydrogens (tertiary/aromatic N) is 1. The third-order valence-corrected chi connectivity index (χ3v) is 6.67. The Morgan fingerprint density at radius 3 is 2.12 bits per heavy atom. The monoisotopic (exact) mass is 595 g/mol. The maximum atomic E-state index is 14.3. The molecule has 1 amide bonds. The van der Waals surface area contributed by atoms with Crippen LogP contribution in [0.2, 0.25) is 0 Å². The number of halogens is 3. The van der Waals surface area contributed by atoms with E-state index in [1.807, 2.05) is 18.2 Å². The molecule has 0 aliphatic carbocycles. The van der Waals surface area contributed by atoms with Crippen LogP contribution in [-0.2, 0) is 45.5 Å². The fourth-order valence-corrected chi connectivity index (χ4v) is 4.58. The molecular formula is C30H36F3NO8. The summed E-state index contributed by atoms with van der Waals surface area (Å²) in [5.41, 5.74) is -5.39. The number of hydrogen-bond donors (Lipinski definition) is 0. The summed E-state index contributed by atoms with van der Waals surface area (Å²) >= 11 is 0. The van der Waals surface area contributed by atoms with Gasteiger partial charge in [0.2, 0.25) is 0 Å². The summed E-state index contributed by atoms with van der Waals surface area (Å²) in [5, 5.41) is 0. The van der Waals surface area contributed by atoms with Gasteiger partial charge in [0.05, 0.1) is 19.1 Å². The predicted molar refractivity (Wildman–Crippen MR) is 144 cm³/mol. The van der Waals surface area contributed by atoms with Crippen molar-refractivity contribution in [2.75, 3.05) is 20.3 Å². The predicted octanol–water partition coefficient (Wildman–Crippen LogP) is 5.51. The van der Waals surface area contributed by atoms with Crippen LogP contribution < -0.4 is 0 Å². The Kier molecular flexibility index (Phi) is 10.3. The van der Waals surface area contributed by atoms with Crippen LogP contribution in [-0.4, -0.2) is 66.8 Å². The second kappa shape index (κ2) is 13.1. The van der Waals surface area contributed by atoms with E-state index in [2.05, 4.69) is 0 Å². The van der Waals surface area contributed by atoms with E-state index in [4.69, 9.17) is 23.7 Å². The zero-order valence-corrected chi connectivity index (χ0v) is 24.2. The molecular weight excluding hydrogens is 559 g/mol. The number of alkyl halides is 3. The van der Waals surface area contributed by atoms with Crippen LogP contribution >= 0.6 is 0 Å². The number of methoxy groups -OCH3 is 1. The Labute approximate surface area is 242 Å². The molecule has 42 heavy (non-hydrogen) atoms. The zero-order valence-electron chi connectivity index (χ0n) is 24.2. The molecule has 9 nitrogen and oxygen atoms in total. The second-order valence-electron chi connectivity index (χ2n) is 11.0. The topological polar surface area (TPSA) is 101 Å². The van der Waals surface area contributed by atoms with Crippen LogP contribution in [0, 0.1) is 0 Å². The lowest BCUT2D eigenvalue weighted by Crippen LogP contribution is -2.55. The van der Waals surface area contributed by atoms with E-state index in [1.54, 1.807) is 39.8 Å². The maximum Gasteiger partial charge on any atom is 0.432 e. The Bertz CT molecular complexity index is 1220. The third-order valence-electron chi connectivity index (χ3n) is 6.67. The van der Waals surface area contributed by atoms with E-state index < -0.39 is 59.3 Å². The molecule has 3 atom stereocenters. The summed E-state index contributed by atoms with van der Waals surface area (Å²) in [5.74, 6) is -2.24. The maximum absolute atomic E-state index is 14.3. The Morgan fingerprint density at radius 1 is 0.976 bits per heavy atom. The van der Waals surface area contributed by atoms with Gasteiger partial charge in [-0.25, -0.2) is 9.59 Å². The molecule has 0 unspecified atom stereocenters. The minimum absolute atomic E-state index is 0.0150. The molecule has 0 spiro atoms. The molecule has 0 aromatic heterocycles. The first-order chi connectivity index (χ1) is 19.6. The Balaban J connectivity index is 1.77. The van der Waals surface area contributed by atoms with Gasteiger partial charge in [-0.3, -0.25) is 9.69 Å². The van der Waals surface area contributed by atoms with Gasteiger partial charge in [0, 0.05) is 19.1 Å². The molecule has 3 rings (SSSR count). The Morgan fingerprint density at radius 2 is 1.57 bits per heavy atom. The number of carbonyl (C=O) groups excluding carboxylic acids is 3. The molecule has 1 saturated heterocycles. The first-order valence-electron chi connectivity index (χ1n) is 13.3. The number of carbonyl (C=O) groups is 3. The van der Waals surface area contributed by atoms with Crippen molar-refractivity contribution in [2.45, 2.75) is 76.3 Å². The highest BCUT2D eigenvalue weighted by Crippen LogP contribution is 2.43. The average molecular weight is 596 g/mol. The van der Waals surface area contributed by atoms with Crippen molar-refractivity contribution in [1.82, 2.24) is 4.90 Å². The smallest absolute Gasteiger partial charge is 0.432 e. The summed E-state index contributed by atoms with van der Waals surface area (Å²) < 4.78 is 69.6. The molecule has 1 aliphatic rings. The van der Waals surface area contributed by atoms with Gasteiger partial charge in [0.15, 0.2) is 0 Å². The quantitative estimate of drug-likeness (QED) is 0.262. The van der Waals surface area contributed by atoms with Crippen LogP contribution in [0.3, 0.4) is 0 Å². The van der Waals surface area contributed by atoms with Crippen molar-refractivity contribution in [3.8, 4) is 0 Å². The third kappa shape index (κ3) is 7.60. The zero-order chi connectivity index (χ0) is 31.2. The highest BCUT2D eigenvalue weighted by atomic mass is 19.4. The number of benzene rings is 2. The minimum atomic E-state index is -5.16. The van der Waals surface area contributed by atoms with Gasteiger partial charge in [0.1, 0.15) is 24.5 Å². The summed E-state index contributed by atoms with van der Waals surface area (Å²) in [7, 11) is 0.765. The van der Waals surface area contributed by atoms with Crippen LogP contribution in [0.25, 0.3) is 0 Å². The normalized spacial score (nSPS) is 20.5. The van der Waals surface area contributed by atoms with Crippen LogP contribution in [0.4, 0.5) is 18.0 Å². The van der Waals surface area contributed by atoms with Crippen molar-refractivity contribution in [3.63, 3.8) is 0 Å². The van der Waals surface area contributed by atoms with E-state index in [0.29, 0.717) is 0 Å². The van der Waals surface area contributed by atoms with Gasteiger partial charge in [0.25, 0.3) is 5.60 Å². The lowest BCUT2D eigenvalue weighted by Gasteiger charge is -2.37. The molecule has 12 heteroatoms. The standard InChI is InChI=1S/C30H36F3NO8/c1-27(2,3)42-26(37)34-23(19-40-25(36)29(38-5,30(31,32)33)22-14-10-7-11-15-22)20-41-28(34,4)17-16-24(35)39-18-21-12-8-6-9-13-21/h6-15,23H,16-20H2,1-5H3/t23-,28-,29-/m1/s1. The molecule has 2 aromatic carbocycles. The largest absolute Gasteiger partial charge is 0.461 e. The van der Waals surface area contributed by atoms with E-state index in [-0.39, 0.29) is 26.1 Å². The van der Waals surface area contributed by atoms with Gasteiger partial charge in [-0.15, -0.1) is 0 Å². The highest BCUT2D eigenvalue weighted by molar-refractivity contribution is 5.82. The molecule has 0 bridgehead atoms. The molecule has 2 aromatic rings. The van der Waals surface area contributed by atoms with Crippen molar-refractivity contribution in [3.05, 3.63) is 71.8 Å². The number of ether oxygens (including phenoxy) is 5. The van der Waals surface area contributed by atoms with Gasteiger partial charge in [-0.05, 0) is 33.3 Å². The second-order valence-corrected chi connectivity index (χ2v) is 11.0. The van der Waals surface area contributed by atoms with Gasteiger partial charge >= 0.3 is 24.2 Å². The lowest BCUT2D eigenvalue weighted by atomic mass is 9.92. The Hall–Kier alpha value is -3.64. The van der Waals surface area contributed by atoms with Crippen LogP contribution in [0.1, 0.15) is 51.7 Å². The molecule has 230 valence electrons. The minimum Gasteiger partial charge on any atom is -0.461 e. The molecule has 0 N–H and O–H groups in total. The van der Waals surface area contributed by atoms with Gasteiger partial charge in [-0.2, -0.15) is 13.2 Å². The van der Waals surface area contributed by atoms with E-state index in [1.165, 1.54) is 18.2 Å². The first-order valence-corrected chi connectivity index (χ1v) is 13.3. The SMILES string of the molecule is CO[C@@](C(=O)OC[C@@H]1CO[C@](C)(CCC(=O)OCc2ccccc2)N1C(=O)OC(C)(C)C)(c1ccccc1)C(F)(F)F. The first kappa shape index (κ1) is 32.9. The highest BCUT2D eigenvalue weighted by Gasteiger charge is 2.64. The molecule has 1 heterocycles. The molecule has 1 aliphatic heterocycles. The van der Waals surface area contributed by atoms with Crippen molar-refractivity contribution in [1.29, 1.82) is 0 Å². The lowest BCUT2D eigenvalue weighted by molar-refractivity contribution is -0.276. The molecule has 1 fully saturated rings. The number of hydrogen-bond acceptors (Lipinski definition) is 8. The van der Waals surface area contributed by atoms with Crippen molar-refractivity contribution in [2.24, 2.45) is 0 Å². The number of esters is 2. The van der Waals surface area contributed by atoms with E-state index in [9.17, 15) is 27.6 Å². The van der Waals surface area contributed by atoms with Gasteiger partial charge in [-0.1, -0.05) is 60.7 Å². The molecule has 0 radical (unpaired) electrons. The fourth-order valence-electron chi connectivity index (χ4n) is 4.58. The van der Waals surface area contributed by atoms with Gasteiger partial charge < -0.3 is 23.7 Å². The summed E-state index contributed by atoms with van der Waals surface area (Å²) in [6, 6.07) is 14.4. The van der Waals surface area contributed by atoms with E-state index >= 15 is 0 Å². The summed E-state index contributed by atoms with van der Waals surface area (Å²) in [6.07, 6.45) is -6.16. The summed E-state index contributed by atoms with van der Waals surface area (Å²) in [4.78, 5) is 40.0.